The monoisotopic (exact) mass is 618 g/mol. The summed E-state index contributed by atoms with van der Waals surface area (Å²) in [6.45, 7) is 6.27. The molecule has 2 aliphatic heterocycles. The number of ether oxygens (including phenoxy) is 1. The predicted molar refractivity (Wildman–Crippen MR) is 168 cm³/mol. The Kier molecular flexibility index (Phi) is 8.47. The Balaban J connectivity index is 1.12. The number of aryl methyl sites for hydroxylation is 2. The van der Waals surface area contributed by atoms with E-state index in [4.69, 9.17) is 9.15 Å². The van der Waals surface area contributed by atoms with Crippen molar-refractivity contribution < 1.29 is 22.4 Å². The summed E-state index contributed by atoms with van der Waals surface area (Å²) in [6, 6.07) is 21.8. The first-order valence-electron chi connectivity index (χ1n) is 15.1. The van der Waals surface area contributed by atoms with Gasteiger partial charge in [0.1, 0.15) is 0 Å². The van der Waals surface area contributed by atoms with Crippen molar-refractivity contribution in [2.24, 2.45) is 0 Å². The molecule has 6 rings (SSSR count). The van der Waals surface area contributed by atoms with Gasteiger partial charge in [0.05, 0.1) is 35.2 Å². The summed E-state index contributed by atoms with van der Waals surface area (Å²) >= 11 is 0. The Labute approximate surface area is 257 Å². The number of anilines is 1. The lowest BCUT2D eigenvalue weighted by molar-refractivity contribution is -0.139. The molecular formula is C33H38N4O6S. The second kappa shape index (κ2) is 12.3. The number of amides is 1. The fourth-order valence-corrected chi connectivity index (χ4v) is 7.94. The van der Waals surface area contributed by atoms with E-state index >= 15 is 0 Å². The summed E-state index contributed by atoms with van der Waals surface area (Å²) in [5, 5.41) is 2.91. The summed E-state index contributed by atoms with van der Waals surface area (Å²) in [4.78, 5) is 27.3. The number of nitrogens with one attached hydrogen (secondary N) is 1. The zero-order valence-corrected chi connectivity index (χ0v) is 25.9. The number of sulfonamides is 1. The van der Waals surface area contributed by atoms with Crippen molar-refractivity contribution in [3.63, 3.8) is 0 Å². The molecule has 1 aromatic heterocycles. The molecule has 4 aromatic rings. The van der Waals surface area contributed by atoms with E-state index in [-0.39, 0.29) is 29.9 Å². The van der Waals surface area contributed by atoms with E-state index in [1.807, 2.05) is 56.3 Å². The summed E-state index contributed by atoms with van der Waals surface area (Å²) < 4.78 is 43.0. The molecule has 1 spiro atoms. The van der Waals surface area contributed by atoms with Gasteiger partial charge in [0.25, 0.3) is 0 Å². The number of aromatic nitrogens is 1. The third-order valence-electron chi connectivity index (χ3n) is 8.78. The largest absolute Gasteiger partial charge is 0.419 e. The van der Waals surface area contributed by atoms with Crippen LogP contribution in [0.4, 0.5) is 5.69 Å². The highest BCUT2D eigenvalue weighted by molar-refractivity contribution is 7.89. The van der Waals surface area contributed by atoms with Gasteiger partial charge in [-0.25, -0.2) is 13.2 Å². The van der Waals surface area contributed by atoms with Gasteiger partial charge in [-0.15, -0.1) is 0 Å². The average molecular weight is 619 g/mol. The predicted octanol–water partition coefficient (Wildman–Crippen LogP) is 4.03. The van der Waals surface area contributed by atoms with Gasteiger partial charge >= 0.3 is 5.76 Å². The van der Waals surface area contributed by atoms with Gasteiger partial charge in [-0.05, 0) is 62.9 Å². The lowest BCUT2D eigenvalue weighted by Crippen LogP contribution is -2.62. The molecule has 1 atom stereocenters. The normalized spacial score (nSPS) is 19.4. The smallest absolute Gasteiger partial charge is 0.408 e. The minimum atomic E-state index is -3.76. The Hall–Kier alpha value is -3.77. The molecule has 1 amide bonds. The SMILES string of the molecule is CCn1c(=O)oc2cc(NC(=O)CN3CCC4(CC3)CN(S(=O)(=O)c3ccc(C)cc3)[C@H](Cc3ccccc3)CO4)ccc21. The Morgan fingerprint density at radius 1 is 1.02 bits per heavy atom. The molecule has 2 aliphatic rings. The van der Waals surface area contributed by atoms with Crippen molar-refractivity contribution in [2.75, 3.05) is 38.1 Å². The molecule has 1 N–H and O–H groups in total. The minimum Gasteiger partial charge on any atom is -0.408 e. The number of hydrogen-bond acceptors (Lipinski definition) is 7. The highest BCUT2D eigenvalue weighted by Crippen LogP contribution is 2.36. The summed E-state index contributed by atoms with van der Waals surface area (Å²) in [5.41, 5.74) is 3.12. The number of nitrogens with zero attached hydrogens (tertiary/aromatic N) is 3. The van der Waals surface area contributed by atoms with Crippen molar-refractivity contribution >= 4 is 32.7 Å². The minimum absolute atomic E-state index is 0.173. The van der Waals surface area contributed by atoms with Crippen LogP contribution in [0.5, 0.6) is 0 Å². The molecule has 10 nitrogen and oxygen atoms in total. The van der Waals surface area contributed by atoms with E-state index in [2.05, 4.69) is 10.2 Å². The Bertz CT molecular complexity index is 1790. The molecule has 0 bridgehead atoms. The lowest BCUT2D eigenvalue weighted by Gasteiger charge is -2.49. The molecular weight excluding hydrogens is 580 g/mol. The number of fused-ring (bicyclic) bond motifs is 1. The first-order chi connectivity index (χ1) is 21.2. The summed E-state index contributed by atoms with van der Waals surface area (Å²) in [7, 11) is -3.76. The first-order valence-corrected chi connectivity index (χ1v) is 16.5. The number of oxazole rings is 1. The van der Waals surface area contributed by atoms with E-state index in [9.17, 15) is 18.0 Å². The third kappa shape index (κ3) is 6.23. The topological polar surface area (TPSA) is 114 Å². The van der Waals surface area contributed by atoms with E-state index < -0.39 is 21.4 Å². The van der Waals surface area contributed by atoms with Crippen LogP contribution in [0.25, 0.3) is 11.1 Å². The number of rotatable bonds is 8. The van der Waals surface area contributed by atoms with Crippen LogP contribution in [-0.2, 0) is 32.5 Å². The van der Waals surface area contributed by atoms with Crippen LogP contribution < -0.4 is 11.1 Å². The van der Waals surface area contributed by atoms with Crippen LogP contribution in [0.3, 0.4) is 0 Å². The molecule has 44 heavy (non-hydrogen) atoms. The van der Waals surface area contributed by atoms with Crippen LogP contribution in [0.15, 0.2) is 86.9 Å². The summed E-state index contributed by atoms with van der Waals surface area (Å²) in [6.07, 6.45) is 1.78. The van der Waals surface area contributed by atoms with Gasteiger partial charge in [-0.2, -0.15) is 4.31 Å². The van der Waals surface area contributed by atoms with Crippen molar-refractivity contribution in [3.8, 4) is 0 Å². The highest BCUT2D eigenvalue weighted by Gasteiger charge is 2.47. The van der Waals surface area contributed by atoms with Crippen molar-refractivity contribution in [1.29, 1.82) is 0 Å². The van der Waals surface area contributed by atoms with Gasteiger partial charge in [-0.1, -0.05) is 48.0 Å². The molecule has 3 heterocycles. The van der Waals surface area contributed by atoms with Crippen LogP contribution in [-0.4, -0.2) is 72.5 Å². The maximum Gasteiger partial charge on any atom is 0.419 e. The quantitative estimate of drug-likeness (QED) is 0.317. The van der Waals surface area contributed by atoms with E-state index in [0.717, 1.165) is 11.1 Å². The number of piperidine rings is 1. The van der Waals surface area contributed by atoms with Gasteiger partial charge in [0, 0.05) is 37.9 Å². The zero-order chi connectivity index (χ0) is 30.9. The molecule has 2 fully saturated rings. The van der Waals surface area contributed by atoms with Gasteiger partial charge in [0.2, 0.25) is 15.9 Å². The Morgan fingerprint density at radius 2 is 1.75 bits per heavy atom. The van der Waals surface area contributed by atoms with E-state index in [1.165, 1.54) is 4.57 Å². The van der Waals surface area contributed by atoms with Crippen LogP contribution in [0.2, 0.25) is 0 Å². The number of carbonyl (C=O) groups excluding carboxylic acids is 1. The van der Waals surface area contributed by atoms with Crippen LogP contribution in [0, 0.1) is 6.92 Å². The molecule has 0 saturated carbocycles. The number of morpholine rings is 1. The van der Waals surface area contributed by atoms with E-state index in [0.29, 0.717) is 62.3 Å². The molecule has 232 valence electrons. The zero-order valence-electron chi connectivity index (χ0n) is 25.1. The Morgan fingerprint density at radius 3 is 2.45 bits per heavy atom. The van der Waals surface area contributed by atoms with Gasteiger partial charge in [-0.3, -0.25) is 14.3 Å². The fraction of sp³-hybridized carbons (Fsp3) is 0.394. The third-order valence-corrected chi connectivity index (χ3v) is 10.7. The van der Waals surface area contributed by atoms with Gasteiger partial charge < -0.3 is 14.5 Å². The maximum absolute atomic E-state index is 14.0. The molecule has 3 aromatic carbocycles. The van der Waals surface area contributed by atoms with Crippen molar-refractivity contribution in [2.45, 2.75) is 56.2 Å². The number of hydrogen-bond donors (Lipinski definition) is 1. The number of carbonyl (C=O) groups is 1. The second-order valence-electron chi connectivity index (χ2n) is 11.8. The molecule has 0 aliphatic carbocycles. The lowest BCUT2D eigenvalue weighted by atomic mass is 9.88. The van der Waals surface area contributed by atoms with Crippen molar-refractivity contribution in [1.82, 2.24) is 13.8 Å². The first kappa shape index (κ1) is 30.3. The second-order valence-corrected chi connectivity index (χ2v) is 13.7. The van der Waals surface area contributed by atoms with E-state index in [1.54, 1.807) is 34.6 Å². The standard InChI is InChI=1S/C33H38N4O6S/c1-3-36-29-14-11-26(20-30(29)43-32(36)39)34-31(38)21-35-17-15-33(16-18-35)23-37(44(40,41)28-12-9-24(2)10-13-28)27(22-42-33)19-25-7-5-4-6-8-25/h4-14,20,27H,3,15-19,21-23H2,1-2H3,(H,34,38)/t27-/m1/s1. The number of likely N-dealkylation sites (tertiary alicyclic amines) is 1. The highest BCUT2D eigenvalue weighted by atomic mass is 32.2. The average Bonchev–Trinajstić information content (AvgIpc) is 3.34. The molecule has 0 unspecified atom stereocenters. The number of benzene rings is 3. The van der Waals surface area contributed by atoms with Gasteiger partial charge in [0.15, 0.2) is 5.58 Å². The molecule has 11 heteroatoms. The summed E-state index contributed by atoms with van der Waals surface area (Å²) in [5.74, 6) is -0.594. The molecule has 0 radical (unpaired) electrons. The fourth-order valence-electron chi connectivity index (χ4n) is 6.26. The maximum atomic E-state index is 14.0. The van der Waals surface area contributed by atoms with Crippen LogP contribution >= 0.6 is 0 Å². The molecule has 2 saturated heterocycles. The van der Waals surface area contributed by atoms with Crippen molar-refractivity contribution in [3.05, 3.63) is 94.5 Å². The van der Waals surface area contributed by atoms with Crippen LogP contribution in [0.1, 0.15) is 30.9 Å².